The molecule has 98 valence electrons. The Balaban J connectivity index is 0. The molecule has 0 aliphatic heterocycles. The summed E-state index contributed by atoms with van der Waals surface area (Å²) < 4.78 is 0. The Kier molecular flexibility index (Phi) is 8.76. The topological polar surface area (TPSA) is 35.5 Å². The lowest BCUT2D eigenvalue weighted by molar-refractivity contribution is -0.393. The molecule has 0 heterocycles. The number of Topliss-reactive ketones (excluding diaryl/α,β-unsaturated/α-hetero) is 1. The van der Waals surface area contributed by atoms with E-state index in [1.54, 1.807) is 6.92 Å². The van der Waals surface area contributed by atoms with Crippen molar-refractivity contribution in [3.63, 3.8) is 0 Å². The molecule has 0 aromatic carbocycles. The normalized spacial score (nSPS) is 11.8. The third-order valence-electron chi connectivity index (χ3n) is 1.14. The highest BCUT2D eigenvalue weighted by atomic mass is 17.2. The zero-order valence-electron chi connectivity index (χ0n) is 12.1. The summed E-state index contributed by atoms with van der Waals surface area (Å²) in [5.74, 6) is 0.289. The van der Waals surface area contributed by atoms with Crippen LogP contribution in [0.1, 0.15) is 68.2 Å². The summed E-state index contributed by atoms with van der Waals surface area (Å²) in [7, 11) is 0. The summed E-state index contributed by atoms with van der Waals surface area (Å²) in [5, 5.41) is 0. The Morgan fingerprint density at radius 3 is 1.31 bits per heavy atom. The fourth-order valence-corrected chi connectivity index (χ4v) is 0.602. The molecule has 16 heavy (non-hydrogen) atoms. The molecule has 0 aliphatic rings. The SMILES string of the molecule is CC(C)(C)OOC(C)(C)C.CCCC(C)=O. The number of rotatable bonds is 3. The van der Waals surface area contributed by atoms with Crippen molar-refractivity contribution < 1.29 is 14.6 Å². The maximum atomic E-state index is 10.0. The van der Waals surface area contributed by atoms with E-state index in [2.05, 4.69) is 0 Å². The molecule has 0 unspecified atom stereocenters. The van der Waals surface area contributed by atoms with Crippen LogP contribution in [0, 0.1) is 0 Å². The number of hydrogen-bond donors (Lipinski definition) is 0. The second kappa shape index (κ2) is 7.80. The first-order valence-corrected chi connectivity index (χ1v) is 5.84. The van der Waals surface area contributed by atoms with Crippen molar-refractivity contribution in [2.75, 3.05) is 0 Å². The zero-order valence-corrected chi connectivity index (χ0v) is 12.1. The molecular formula is C13H28O3. The van der Waals surface area contributed by atoms with Crippen molar-refractivity contribution in [1.82, 2.24) is 0 Å². The maximum Gasteiger partial charge on any atom is 0.129 e. The first-order valence-electron chi connectivity index (χ1n) is 5.84. The first-order chi connectivity index (χ1) is 6.98. The van der Waals surface area contributed by atoms with Crippen LogP contribution in [-0.2, 0) is 14.6 Å². The van der Waals surface area contributed by atoms with Crippen LogP contribution >= 0.6 is 0 Å². The second-order valence-corrected chi connectivity index (χ2v) is 5.84. The van der Waals surface area contributed by atoms with Crippen LogP contribution in [-0.4, -0.2) is 17.0 Å². The molecule has 3 heteroatoms. The number of carbonyl (C=O) groups is 1. The minimum absolute atomic E-state index is 0.215. The van der Waals surface area contributed by atoms with Gasteiger partial charge in [-0.05, 0) is 54.9 Å². The summed E-state index contributed by atoms with van der Waals surface area (Å²) in [4.78, 5) is 20.2. The second-order valence-electron chi connectivity index (χ2n) is 5.84. The van der Waals surface area contributed by atoms with E-state index in [-0.39, 0.29) is 17.0 Å². The van der Waals surface area contributed by atoms with Gasteiger partial charge in [-0.1, -0.05) is 6.92 Å². The molecule has 0 saturated carbocycles. The average Bonchev–Trinajstić information content (AvgIpc) is 1.99. The molecule has 0 amide bonds. The predicted octanol–water partition coefficient (Wildman–Crippen LogP) is 3.91. The molecule has 0 saturated heterocycles. The summed E-state index contributed by atoms with van der Waals surface area (Å²) in [6.07, 6.45) is 1.72. The maximum absolute atomic E-state index is 10.0. The van der Waals surface area contributed by atoms with E-state index in [0.717, 1.165) is 12.8 Å². The van der Waals surface area contributed by atoms with Gasteiger partial charge in [-0.25, -0.2) is 9.78 Å². The Morgan fingerprint density at radius 1 is 0.938 bits per heavy atom. The molecule has 0 aliphatic carbocycles. The Bertz CT molecular complexity index is 170. The van der Waals surface area contributed by atoms with Gasteiger partial charge in [0.1, 0.15) is 5.78 Å². The molecule has 0 rings (SSSR count). The third kappa shape index (κ3) is 23.4. The molecule has 0 spiro atoms. The molecular weight excluding hydrogens is 204 g/mol. The van der Waals surface area contributed by atoms with Gasteiger partial charge < -0.3 is 4.79 Å². The molecule has 0 aromatic rings. The fraction of sp³-hybridized carbons (Fsp3) is 0.923. The lowest BCUT2D eigenvalue weighted by Crippen LogP contribution is -2.27. The average molecular weight is 232 g/mol. The monoisotopic (exact) mass is 232 g/mol. The molecule has 0 bridgehead atoms. The van der Waals surface area contributed by atoms with Crippen molar-refractivity contribution in [3.05, 3.63) is 0 Å². The fourth-order valence-electron chi connectivity index (χ4n) is 0.602. The van der Waals surface area contributed by atoms with Gasteiger partial charge in [0.2, 0.25) is 0 Å². The van der Waals surface area contributed by atoms with Gasteiger partial charge in [0.05, 0.1) is 11.2 Å². The van der Waals surface area contributed by atoms with Gasteiger partial charge in [0, 0.05) is 6.42 Å². The highest BCUT2D eigenvalue weighted by molar-refractivity contribution is 5.75. The summed E-state index contributed by atoms with van der Waals surface area (Å²) in [6.45, 7) is 15.4. The summed E-state index contributed by atoms with van der Waals surface area (Å²) in [5.41, 5.74) is -0.430. The molecule has 0 aromatic heterocycles. The van der Waals surface area contributed by atoms with Crippen LogP contribution in [0.15, 0.2) is 0 Å². The number of ketones is 1. The highest BCUT2D eigenvalue weighted by Gasteiger charge is 2.18. The van der Waals surface area contributed by atoms with Crippen LogP contribution < -0.4 is 0 Å². The van der Waals surface area contributed by atoms with E-state index in [4.69, 9.17) is 9.78 Å². The molecule has 3 nitrogen and oxygen atoms in total. The Morgan fingerprint density at radius 2 is 1.25 bits per heavy atom. The van der Waals surface area contributed by atoms with Gasteiger partial charge in [-0.3, -0.25) is 0 Å². The van der Waals surface area contributed by atoms with Crippen molar-refractivity contribution in [3.8, 4) is 0 Å². The van der Waals surface area contributed by atoms with Crippen LogP contribution in [0.5, 0.6) is 0 Å². The smallest absolute Gasteiger partial charge is 0.129 e. The van der Waals surface area contributed by atoms with E-state index >= 15 is 0 Å². The predicted molar refractivity (Wildman–Crippen MR) is 67.3 cm³/mol. The first kappa shape index (κ1) is 18.0. The van der Waals surface area contributed by atoms with Crippen LogP contribution in [0.2, 0.25) is 0 Å². The van der Waals surface area contributed by atoms with E-state index in [0.29, 0.717) is 0 Å². The lowest BCUT2D eigenvalue weighted by Gasteiger charge is -2.24. The van der Waals surface area contributed by atoms with E-state index < -0.39 is 0 Å². The minimum atomic E-state index is -0.215. The zero-order chi connectivity index (χ0) is 13.4. The quantitative estimate of drug-likeness (QED) is 0.546. The largest absolute Gasteiger partial charge is 0.300 e. The van der Waals surface area contributed by atoms with Gasteiger partial charge in [0.15, 0.2) is 0 Å². The molecule has 0 radical (unpaired) electrons. The van der Waals surface area contributed by atoms with Crippen molar-refractivity contribution in [1.29, 1.82) is 0 Å². The van der Waals surface area contributed by atoms with Crippen LogP contribution in [0.25, 0.3) is 0 Å². The molecule has 0 atom stereocenters. The summed E-state index contributed by atoms with van der Waals surface area (Å²) in [6, 6.07) is 0. The van der Waals surface area contributed by atoms with E-state index in [9.17, 15) is 4.79 Å². The van der Waals surface area contributed by atoms with Gasteiger partial charge in [0.25, 0.3) is 0 Å². The van der Waals surface area contributed by atoms with Gasteiger partial charge in [-0.2, -0.15) is 0 Å². The van der Waals surface area contributed by atoms with Gasteiger partial charge >= 0.3 is 0 Å². The highest BCUT2D eigenvalue weighted by Crippen LogP contribution is 2.14. The van der Waals surface area contributed by atoms with E-state index in [1.165, 1.54) is 0 Å². The number of hydrogen-bond acceptors (Lipinski definition) is 3. The molecule has 0 fully saturated rings. The van der Waals surface area contributed by atoms with E-state index in [1.807, 2.05) is 48.5 Å². The lowest BCUT2D eigenvalue weighted by atomic mass is 10.2. The Hall–Kier alpha value is -0.410. The summed E-state index contributed by atoms with van der Waals surface area (Å²) >= 11 is 0. The van der Waals surface area contributed by atoms with Crippen molar-refractivity contribution in [2.24, 2.45) is 0 Å². The van der Waals surface area contributed by atoms with Gasteiger partial charge in [-0.15, -0.1) is 0 Å². The third-order valence-corrected chi connectivity index (χ3v) is 1.14. The number of carbonyl (C=O) groups excluding carboxylic acids is 1. The van der Waals surface area contributed by atoms with Crippen molar-refractivity contribution in [2.45, 2.75) is 79.4 Å². The minimum Gasteiger partial charge on any atom is -0.300 e. The van der Waals surface area contributed by atoms with Crippen LogP contribution in [0.3, 0.4) is 0 Å². The Labute approximate surface area is 100 Å². The standard InChI is InChI=1S/C8H18O2.C5H10O/c1-7(2,3)9-10-8(4,5)6;1-3-4-5(2)6/h1-6H3;3-4H2,1-2H3. The molecule has 0 N–H and O–H groups in total. The van der Waals surface area contributed by atoms with Crippen molar-refractivity contribution >= 4 is 5.78 Å². The van der Waals surface area contributed by atoms with Crippen LogP contribution in [0.4, 0.5) is 0 Å².